The van der Waals surface area contributed by atoms with Gasteiger partial charge in [0.15, 0.2) is 37.4 Å². The molecule has 3 aromatic rings. The number of benzene rings is 1. The van der Waals surface area contributed by atoms with Gasteiger partial charge in [-0.1, -0.05) is 78.4 Å². The maximum atomic E-state index is 13.3. The van der Waals surface area contributed by atoms with Crippen LogP contribution in [-0.4, -0.2) is 92.9 Å². The Morgan fingerprint density at radius 3 is 2.31 bits per heavy atom. The van der Waals surface area contributed by atoms with Crippen LogP contribution in [-0.2, 0) is 27.8 Å². The fraction of sp³-hybridized carbons (Fsp3) is 0.658. The topological polar surface area (TPSA) is 159 Å². The number of para-hydroxylation sites is 1. The minimum atomic E-state index is -2.48. The quantitative estimate of drug-likeness (QED) is 0.0772. The number of hydrogen-bond donors (Lipinski definition) is 2. The van der Waals surface area contributed by atoms with E-state index in [0.717, 1.165) is 0 Å². The Balaban J connectivity index is 1.70. The number of aromatic nitrogens is 4. The van der Waals surface area contributed by atoms with E-state index in [1.807, 2.05) is 45.9 Å². The fourth-order valence-electron chi connectivity index (χ4n) is 5.73. The van der Waals surface area contributed by atoms with E-state index >= 15 is 0 Å². The molecule has 17 heteroatoms. The van der Waals surface area contributed by atoms with Crippen molar-refractivity contribution in [1.82, 2.24) is 24.2 Å². The van der Waals surface area contributed by atoms with Gasteiger partial charge in [0, 0.05) is 23.3 Å². The van der Waals surface area contributed by atoms with E-state index in [1.165, 1.54) is 18.1 Å². The van der Waals surface area contributed by atoms with Gasteiger partial charge in [-0.3, -0.25) is 29.3 Å². The summed E-state index contributed by atoms with van der Waals surface area (Å²) in [6, 6.07) is 9.15. The van der Waals surface area contributed by atoms with Crippen molar-refractivity contribution in [2.24, 2.45) is 5.41 Å². The molecule has 0 radical (unpaired) electrons. The zero-order valence-corrected chi connectivity index (χ0v) is 37.4. The van der Waals surface area contributed by atoms with Gasteiger partial charge in [0.05, 0.1) is 19.0 Å². The molecule has 0 spiro atoms. The summed E-state index contributed by atoms with van der Waals surface area (Å²) in [6.07, 6.45) is -0.293. The molecule has 1 aromatic carbocycles. The number of carbonyl (C=O) groups is 2. The van der Waals surface area contributed by atoms with Crippen molar-refractivity contribution in [3.05, 3.63) is 47.0 Å². The van der Waals surface area contributed by atoms with E-state index in [4.69, 9.17) is 22.9 Å². The molecule has 55 heavy (non-hydrogen) atoms. The molecule has 2 unspecified atom stereocenters. The second-order valence-electron chi connectivity index (χ2n) is 16.8. The van der Waals surface area contributed by atoms with Gasteiger partial charge in [0.25, 0.3) is 20.0 Å². The van der Waals surface area contributed by atoms with Crippen LogP contribution in [0.1, 0.15) is 88.8 Å². The molecule has 1 saturated heterocycles. The molecule has 0 aliphatic carbocycles. The van der Waals surface area contributed by atoms with E-state index < -0.39 is 58.3 Å². The van der Waals surface area contributed by atoms with E-state index in [1.54, 1.807) is 16.7 Å². The van der Waals surface area contributed by atoms with Crippen LogP contribution in [0.3, 0.4) is 0 Å². The monoisotopic (exact) mass is 820 g/mol. The molecule has 2 aromatic heterocycles. The zero-order chi connectivity index (χ0) is 40.9. The predicted molar refractivity (Wildman–Crippen MR) is 222 cm³/mol. The summed E-state index contributed by atoms with van der Waals surface area (Å²) in [5.74, 6) is 0.480. The molecule has 1 aliphatic heterocycles. The second kappa shape index (κ2) is 18.7. The SMILES string of the molecule is CC[C@H]1O[C@@H](n2cnc3c(=O)[nH]c(NC(=O)COc4ccccc4)nc32)[C@@H](O[Si](C)(C)C(C)(C)C)C1OP(OCCSC(=O)C(C)(C)C)N(C(C)C)C(C)C. The average Bonchev–Trinajstić information content (AvgIpc) is 3.65. The van der Waals surface area contributed by atoms with Gasteiger partial charge in [0.1, 0.15) is 18.0 Å². The van der Waals surface area contributed by atoms with Gasteiger partial charge < -0.3 is 22.9 Å². The Bertz CT molecular complexity index is 1790. The van der Waals surface area contributed by atoms with E-state index in [2.05, 4.69) is 86.5 Å². The Labute approximate surface area is 332 Å². The first-order valence-corrected chi connectivity index (χ1v) is 24.0. The summed E-state index contributed by atoms with van der Waals surface area (Å²) in [5.41, 5.74) is -0.666. The molecule has 5 atom stereocenters. The Morgan fingerprint density at radius 2 is 1.73 bits per heavy atom. The lowest BCUT2D eigenvalue weighted by Crippen LogP contribution is -2.49. The third kappa shape index (κ3) is 11.5. The summed E-state index contributed by atoms with van der Waals surface area (Å²) in [6.45, 7) is 27.1. The van der Waals surface area contributed by atoms with Crippen molar-refractivity contribution in [3.8, 4) is 5.75 Å². The Morgan fingerprint density at radius 1 is 1.07 bits per heavy atom. The largest absolute Gasteiger partial charge is 0.484 e. The molecule has 1 fully saturated rings. The van der Waals surface area contributed by atoms with Gasteiger partial charge in [-0.25, -0.2) is 9.65 Å². The predicted octanol–water partition coefficient (Wildman–Crippen LogP) is 7.89. The lowest BCUT2D eigenvalue weighted by molar-refractivity contribution is -0.118. The van der Waals surface area contributed by atoms with Gasteiger partial charge >= 0.3 is 0 Å². The van der Waals surface area contributed by atoms with Crippen LogP contribution >= 0.6 is 20.3 Å². The van der Waals surface area contributed by atoms with E-state index in [-0.39, 0.29) is 46.0 Å². The highest BCUT2D eigenvalue weighted by Crippen LogP contribution is 2.52. The third-order valence-corrected chi connectivity index (χ3v) is 17.4. The molecule has 3 heterocycles. The van der Waals surface area contributed by atoms with Crippen molar-refractivity contribution in [3.63, 3.8) is 0 Å². The molecular weight excluding hydrogens is 760 g/mol. The number of hydrogen-bond acceptors (Lipinski definition) is 12. The zero-order valence-electron chi connectivity index (χ0n) is 34.7. The lowest BCUT2D eigenvalue weighted by Gasteiger charge is -2.42. The van der Waals surface area contributed by atoms with Gasteiger partial charge in [0.2, 0.25) is 5.95 Å². The lowest BCUT2D eigenvalue weighted by atomic mass is 10.00. The van der Waals surface area contributed by atoms with Crippen LogP contribution in [0.5, 0.6) is 5.75 Å². The molecule has 4 rings (SSSR count). The minimum absolute atomic E-state index is 0.0511. The number of fused-ring (bicyclic) bond motifs is 1. The molecule has 14 nitrogen and oxygen atoms in total. The van der Waals surface area contributed by atoms with Crippen molar-refractivity contribution in [2.45, 2.75) is 137 Å². The van der Waals surface area contributed by atoms with Crippen molar-refractivity contribution < 1.29 is 32.5 Å². The number of rotatable bonds is 17. The number of H-pyrrole nitrogens is 1. The number of nitrogens with zero attached hydrogens (tertiary/aromatic N) is 4. The van der Waals surface area contributed by atoms with Crippen molar-refractivity contribution in [1.29, 1.82) is 0 Å². The minimum Gasteiger partial charge on any atom is -0.484 e. The van der Waals surface area contributed by atoms with Crippen molar-refractivity contribution in [2.75, 3.05) is 24.3 Å². The molecular formula is C38H61N6O8PSSi. The van der Waals surface area contributed by atoms with Crippen LogP contribution in [0, 0.1) is 5.41 Å². The first kappa shape index (κ1) is 45.0. The maximum Gasteiger partial charge on any atom is 0.280 e. The number of ether oxygens (including phenoxy) is 2. The number of aromatic amines is 1. The first-order valence-electron chi connectivity index (χ1n) is 19.0. The van der Waals surface area contributed by atoms with Crippen LogP contribution in [0.15, 0.2) is 41.5 Å². The van der Waals surface area contributed by atoms with Crippen LogP contribution in [0.25, 0.3) is 11.2 Å². The van der Waals surface area contributed by atoms with Crippen LogP contribution < -0.4 is 15.6 Å². The molecule has 2 N–H and O–H groups in total. The van der Waals surface area contributed by atoms with Crippen LogP contribution in [0.2, 0.25) is 18.1 Å². The number of anilines is 1. The summed E-state index contributed by atoms with van der Waals surface area (Å²) in [7, 11) is -4.13. The van der Waals surface area contributed by atoms with E-state index in [0.29, 0.717) is 24.5 Å². The molecule has 1 aliphatic rings. The molecule has 0 bridgehead atoms. The standard InChI is InChI=1S/C38H61N6O8PSSi/c1-14-27-30(51-53(44(24(2)3)25(4)5)49-20-21-54-35(47)37(6,7)8)31(52-55(12,13)38(9,10)11)34(50-27)43-23-39-29-32(43)41-36(42-33(29)46)40-28(45)22-48-26-18-16-15-17-19-26/h15-19,23-25,27,30-31,34H,14,20-22H2,1-13H3,(H2,40,41,42,45,46)/t27-,30?,31+,34-,53?/m1/s1. The summed E-state index contributed by atoms with van der Waals surface area (Å²) >= 11 is 1.27. The second-order valence-corrected chi connectivity index (χ2v) is 24.0. The molecule has 0 saturated carbocycles. The number of nitrogens with one attached hydrogen (secondary N) is 2. The molecule has 1 amide bonds. The highest BCUT2D eigenvalue weighted by Gasteiger charge is 2.53. The van der Waals surface area contributed by atoms with Gasteiger partial charge in [-0.15, -0.1) is 0 Å². The Hall–Kier alpha value is -2.69. The summed E-state index contributed by atoms with van der Waals surface area (Å²) < 4.78 is 37.2. The van der Waals surface area contributed by atoms with Gasteiger partial charge in [-0.05, 0) is 64.4 Å². The normalized spacial score (nSPS) is 20.1. The first-order chi connectivity index (χ1) is 25.6. The highest BCUT2D eigenvalue weighted by atomic mass is 32.2. The van der Waals surface area contributed by atoms with Crippen LogP contribution in [0.4, 0.5) is 5.95 Å². The van der Waals surface area contributed by atoms with Gasteiger partial charge in [-0.2, -0.15) is 4.98 Å². The summed E-state index contributed by atoms with van der Waals surface area (Å²) in [4.78, 5) is 50.5. The molecule has 306 valence electrons. The highest BCUT2D eigenvalue weighted by molar-refractivity contribution is 8.13. The number of carbonyl (C=O) groups excluding carboxylic acids is 2. The van der Waals surface area contributed by atoms with Crippen molar-refractivity contribution >= 4 is 56.7 Å². The smallest absolute Gasteiger partial charge is 0.280 e. The number of thioether (sulfide) groups is 1. The fourth-order valence-corrected chi connectivity index (χ4v) is 9.69. The Kier molecular flexibility index (Phi) is 15.3. The maximum absolute atomic E-state index is 13.3. The summed E-state index contributed by atoms with van der Waals surface area (Å²) in [5, 5.41) is 2.60. The average molecular weight is 821 g/mol. The number of amides is 1. The van der Waals surface area contributed by atoms with E-state index in [9.17, 15) is 14.4 Å². The number of imidazole rings is 1. The third-order valence-electron chi connectivity index (χ3n) is 9.59.